The van der Waals surface area contributed by atoms with Gasteiger partial charge in [0.2, 0.25) is 5.91 Å². The smallest absolute Gasteiger partial charge is 0.232 e. The molecular weight excluding hydrogens is 374 g/mol. The molecule has 4 nitrogen and oxygen atoms in total. The summed E-state index contributed by atoms with van der Waals surface area (Å²) in [6.45, 7) is 2.01. The first-order valence-electron chi connectivity index (χ1n) is 10.4. The van der Waals surface area contributed by atoms with Gasteiger partial charge < -0.3 is 4.42 Å². The number of hydrogen-bond acceptors (Lipinski definition) is 3. The number of carbonyl (C=O) groups excluding carboxylic acids is 2. The fraction of sp³-hybridized carbons (Fsp3) is 0.231. The Morgan fingerprint density at radius 1 is 0.900 bits per heavy atom. The summed E-state index contributed by atoms with van der Waals surface area (Å²) < 4.78 is 5.63. The van der Waals surface area contributed by atoms with Gasteiger partial charge in [0.25, 0.3) is 0 Å². The molecule has 0 radical (unpaired) electrons. The van der Waals surface area contributed by atoms with Gasteiger partial charge in [0.1, 0.15) is 5.76 Å². The van der Waals surface area contributed by atoms with Gasteiger partial charge in [0.05, 0.1) is 12.2 Å². The van der Waals surface area contributed by atoms with Crippen LogP contribution >= 0.6 is 0 Å². The molecule has 0 N–H and O–H groups in total. The summed E-state index contributed by atoms with van der Waals surface area (Å²) in [5.74, 6) is 0.547. The molecule has 0 saturated carbocycles. The molecule has 150 valence electrons. The van der Waals surface area contributed by atoms with Gasteiger partial charge in [-0.15, -0.1) is 0 Å². The van der Waals surface area contributed by atoms with Crippen molar-refractivity contribution >= 4 is 17.4 Å². The third kappa shape index (κ3) is 3.18. The molecule has 1 aromatic heterocycles. The van der Waals surface area contributed by atoms with Crippen LogP contribution in [-0.4, -0.2) is 11.7 Å². The topological polar surface area (TPSA) is 50.5 Å². The third-order valence-corrected chi connectivity index (χ3v) is 6.15. The highest BCUT2D eigenvalue weighted by molar-refractivity contribution is 6.07. The zero-order valence-corrected chi connectivity index (χ0v) is 16.9. The molecule has 4 heteroatoms. The van der Waals surface area contributed by atoms with Gasteiger partial charge in [-0.25, -0.2) is 0 Å². The maximum atomic E-state index is 13.4. The largest absolute Gasteiger partial charge is 0.469 e. The van der Waals surface area contributed by atoms with Crippen LogP contribution in [0.5, 0.6) is 0 Å². The van der Waals surface area contributed by atoms with Crippen molar-refractivity contribution in [2.75, 3.05) is 4.90 Å². The Kier molecular flexibility index (Phi) is 4.62. The predicted octanol–water partition coefficient (Wildman–Crippen LogP) is 5.51. The molecular formula is C26H23NO3. The molecule has 2 unspecified atom stereocenters. The number of anilines is 1. The van der Waals surface area contributed by atoms with E-state index in [1.54, 1.807) is 11.2 Å². The Bertz CT molecular complexity index is 1130. The lowest BCUT2D eigenvalue weighted by molar-refractivity contribution is -0.120. The quantitative estimate of drug-likeness (QED) is 0.586. The van der Waals surface area contributed by atoms with Gasteiger partial charge in [-0.05, 0) is 54.7 Å². The van der Waals surface area contributed by atoms with Crippen LogP contribution in [0, 0.1) is 6.92 Å². The zero-order valence-electron chi connectivity index (χ0n) is 16.9. The number of Topliss-reactive ketones (excluding diaryl/α,β-unsaturated/α-hetero) is 1. The number of carbonyl (C=O) groups is 2. The normalized spacial score (nSPS) is 21.7. The van der Waals surface area contributed by atoms with Crippen LogP contribution in [0.3, 0.4) is 0 Å². The number of hydrogen-bond donors (Lipinski definition) is 0. The van der Waals surface area contributed by atoms with E-state index in [1.165, 1.54) is 0 Å². The first-order valence-corrected chi connectivity index (χ1v) is 10.4. The number of allylic oxidation sites excluding steroid dienone is 2. The highest BCUT2D eigenvalue weighted by Crippen LogP contribution is 2.47. The standard InChI is InChI=1S/C26H23NO3/c1-17-7-5-10-20(13-17)27-22-14-19(18-8-3-2-4-9-18)15-23(28)26(22)21(16-25(27)29)24-11-6-12-30-24/h2-13,19,21H,14-16H2,1H3. The maximum absolute atomic E-state index is 13.4. The number of amides is 1. The van der Waals surface area contributed by atoms with Gasteiger partial charge in [0, 0.05) is 29.8 Å². The van der Waals surface area contributed by atoms with Gasteiger partial charge in [-0.3, -0.25) is 14.5 Å². The van der Waals surface area contributed by atoms with Gasteiger partial charge in [-0.2, -0.15) is 0 Å². The molecule has 1 aliphatic heterocycles. The Balaban J connectivity index is 1.66. The minimum atomic E-state index is -0.312. The fourth-order valence-corrected chi connectivity index (χ4v) is 4.80. The minimum Gasteiger partial charge on any atom is -0.469 e. The van der Waals surface area contributed by atoms with Crippen molar-refractivity contribution in [3.8, 4) is 0 Å². The van der Waals surface area contributed by atoms with Crippen molar-refractivity contribution in [3.05, 3.63) is 101 Å². The van der Waals surface area contributed by atoms with E-state index in [2.05, 4.69) is 12.1 Å². The summed E-state index contributed by atoms with van der Waals surface area (Å²) >= 11 is 0. The lowest BCUT2D eigenvalue weighted by Crippen LogP contribution is -2.41. The van der Waals surface area contributed by atoms with E-state index in [-0.39, 0.29) is 29.9 Å². The van der Waals surface area contributed by atoms with E-state index in [0.29, 0.717) is 18.6 Å². The molecule has 1 aliphatic carbocycles. The average molecular weight is 397 g/mol. The van der Waals surface area contributed by atoms with E-state index in [4.69, 9.17) is 4.42 Å². The summed E-state index contributed by atoms with van der Waals surface area (Å²) in [6, 6.07) is 21.7. The number of ketones is 1. The second kappa shape index (κ2) is 7.45. The second-order valence-corrected chi connectivity index (χ2v) is 8.14. The maximum Gasteiger partial charge on any atom is 0.232 e. The molecule has 3 aromatic rings. The van der Waals surface area contributed by atoms with Crippen molar-refractivity contribution in [1.82, 2.24) is 0 Å². The van der Waals surface area contributed by atoms with Crippen LogP contribution < -0.4 is 4.90 Å². The van der Waals surface area contributed by atoms with Gasteiger partial charge >= 0.3 is 0 Å². The summed E-state index contributed by atoms with van der Waals surface area (Å²) in [4.78, 5) is 28.6. The van der Waals surface area contributed by atoms with E-state index in [9.17, 15) is 9.59 Å². The Hall–Kier alpha value is -3.40. The first kappa shape index (κ1) is 18.6. The molecule has 0 spiro atoms. The number of aryl methyl sites for hydroxylation is 1. The van der Waals surface area contributed by atoms with Gasteiger partial charge in [-0.1, -0.05) is 42.5 Å². The lowest BCUT2D eigenvalue weighted by Gasteiger charge is -2.40. The monoisotopic (exact) mass is 397 g/mol. The molecule has 2 aliphatic rings. The van der Waals surface area contributed by atoms with Gasteiger partial charge in [0.15, 0.2) is 5.78 Å². The molecule has 2 atom stereocenters. The Labute approximate surface area is 175 Å². The van der Waals surface area contributed by atoms with Crippen LogP contribution in [-0.2, 0) is 9.59 Å². The molecule has 2 aromatic carbocycles. The molecule has 2 heterocycles. The van der Waals surface area contributed by atoms with Crippen LogP contribution in [0.25, 0.3) is 0 Å². The summed E-state index contributed by atoms with van der Waals surface area (Å²) in [5.41, 5.74) is 4.60. The minimum absolute atomic E-state index is 0.00209. The van der Waals surface area contributed by atoms with Crippen molar-refractivity contribution in [2.45, 2.75) is 38.0 Å². The number of nitrogens with zero attached hydrogens (tertiary/aromatic N) is 1. The average Bonchev–Trinajstić information content (AvgIpc) is 3.28. The summed E-state index contributed by atoms with van der Waals surface area (Å²) in [6.07, 6.45) is 2.95. The molecule has 5 rings (SSSR count). The first-order chi connectivity index (χ1) is 14.6. The van der Waals surface area contributed by atoms with Crippen molar-refractivity contribution in [3.63, 3.8) is 0 Å². The summed E-state index contributed by atoms with van der Waals surface area (Å²) in [5, 5.41) is 0. The van der Waals surface area contributed by atoms with Crippen molar-refractivity contribution in [1.29, 1.82) is 0 Å². The van der Waals surface area contributed by atoms with Crippen molar-refractivity contribution in [2.24, 2.45) is 0 Å². The highest BCUT2D eigenvalue weighted by atomic mass is 16.3. The van der Waals surface area contributed by atoms with Crippen molar-refractivity contribution < 1.29 is 14.0 Å². The SMILES string of the molecule is Cc1cccc(N2C(=O)CC(c3ccco3)C3=C2CC(c2ccccc2)CC3=O)c1. The predicted molar refractivity (Wildman–Crippen MR) is 115 cm³/mol. The number of benzene rings is 2. The molecule has 30 heavy (non-hydrogen) atoms. The number of furan rings is 1. The molecule has 0 fully saturated rings. The van der Waals surface area contributed by atoms with Crippen LogP contribution in [0.4, 0.5) is 5.69 Å². The molecule has 0 saturated heterocycles. The second-order valence-electron chi connectivity index (χ2n) is 8.14. The van der Waals surface area contributed by atoms with E-state index in [0.717, 1.165) is 28.1 Å². The van der Waals surface area contributed by atoms with E-state index in [1.807, 2.05) is 61.5 Å². The third-order valence-electron chi connectivity index (χ3n) is 6.15. The Morgan fingerprint density at radius 2 is 1.73 bits per heavy atom. The molecule has 0 bridgehead atoms. The highest BCUT2D eigenvalue weighted by Gasteiger charge is 2.43. The van der Waals surface area contributed by atoms with Crippen LogP contribution in [0.15, 0.2) is 88.7 Å². The Morgan fingerprint density at radius 3 is 2.47 bits per heavy atom. The fourth-order valence-electron chi connectivity index (χ4n) is 4.80. The molecule has 1 amide bonds. The zero-order chi connectivity index (χ0) is 20.7. The number of rotatable bonds is 3. The van der Waals surface area contributed by atoms with E-state index < -0.39 is 0 Å². The lowest BCUT2D eigenvalue weighted by atomic mass is 9.74. The van der Waals surface area contributed by atoms with E-state index >= 15 is 0 Å². The summed E-state index contributed by atoms with van der Waals surface area (Å²) in [7, 11) is 0. The van der Waals surface area contributed by atoms with Crippen LogP contribution in [0.2, 0.25) is 0 Å². The van der Waals surface area contributed by atoms with Crippen LogP contribution in [0.1, 0.15) is 48.0 Å².